The van der Waals surface area contributed by atoms with Crippen LogP contribution >= 0.6 is 11.6 Å². The van der Waals surface area contributed by atoms with Crippen molar-refractivity contribution in [1.82, 2.24) is 9.88 Å². The zero-order valence-corrected chi connectivity index (χ0v) is 13.4. The Hall–Kier alpha value is -1.23. The summed E-state index contributed by atoms with van der Waals surface area (Å²) in [6.45, 7) is 4.45. The van der Waals surface area contributed by atoms with Crippen molar-refractivity contribution in [3.8, 4) is 0 Å². The van der Waals surface area contributed by atoms with E-state index in [-0.39, 0.29) is 0 Å². The van der Waals surface area contributed by atoms with Gasteiger partial charge in [-0.15, -0.1) is 0 Å². The Kier molecular flexibility index (Phi) is 4.38. The molecule has 0 bridgehead atoms. The highest BCUT2D eigenvalue weighted by Crippen LogP contribution is 2.34. The van der Waals surface area contributed by atoms with Crippen LogP contribution in [0.5, 0.6) is 0 Å². The van der Waals surface area contributed by atoms with Crippen LogP contribution < -0.4 is 4.90 Å². The van der Waals surface area contributed by atoms with Gasteiger partial charge >= 0.3 is 0 Å². The van der Waals surface area contributed by atoms with E-state index in [4.69, 9.17) is 16.3 Å². The number of H-pyrrole nitrogens is 1. The minimum absolute atomic E-state index is 0.782. The van der Waals surface area contributed by atoms with E-state index in [1.807, 2.05) is 6.07 Å². The number of morpholine rings is 1. The molecule has 2 aromatic rings. The number of benzene rings is 1. The summed E-state index contributed by atoms with van der Waals surface area (Å²) in [4.78, 5) is 7.96. The van der Waals surface area contributed by atoms with Gasteiger partial charge in [-0.3, -0.25) is 0 Å². The summed E-state index contributed by atoms with van der Waals surface area (Å²) >= 11 is 6.29. The van der Waals surface area contributed by atoms with Crippen molar-refractivity contribution < 1.29 is 4.74 Å². The zero-order chi connectivity index (χ0) is 14.8. The maximum atomic E-state index is 6.29. The second kappa shape index (κ2) is 6.26. The molecule has 1 aromatic heterocycles. The molecule has 21 heavy (non-hydrogen) atoms. The van der Waals surface area contributed by atoms with E-state index in [2.05, 4.69) is 41.1 Å². The monoisotopic (exact) mass is 307 g/mol. The second-order valence-corrected chi connectivity index (χ2v) is 6.25. The van der Waals surface area contributed by atoms with Gasteiger partial charge < -0.3 is 19.5 Å². The van der Waals surface area contributed by atoms with Gasteiger partial charge in [0.2, 0.25) is 0 Å². The molecule has 1 aliphatic rings. The molecule has 114 valence electrons. The third kappa shape index (κ3) is 3.18. The molecule has 1 fully saturated rings. The van der Waals surface area contributed by atoms with Gasteiger partial charge in [0.05, 0.1) is 13.2 Å². The van der Waals surface area contributed by atoms with Gasteiger partial charge in [-0.05, 0) is 38.2 Å². The van der Waals surface area contributed by atoms with E-state index in [9.17, 15) is 0 Å². The predicted octanol–water partition coefficient (Wildman–Crippen LogP) is 2.76. The van der Waals surface area contributed by atoms with Gasteiger partial charge in [0.15, 0.2) is 0 Å². The van der Waals surface area contributed by atoms with Crippen LogP contribution in [0.25, 0.3) is 10.9 Å². The molecule has 5 heteroatoms. The van der Waals surface area contributed by atoms with Gasteiger partial charge in [-0.25, -0.2) is 0 Å². The van der Waals surface area contributed by atoms with Gasteiger partial charge in [0.25, 0.3) is 0 Å². The molecular formula is C16H22ClN3O. The smallest absolute Gasteiger partial charge is 0.0642 e. The SMILES string of the molecule is CN(C)CCc1c[nH]c2cc(Cl)cc(N3CCOCC3)c12. The van der Waals surface area contributed by atoms with E-state index >= 15 is 0 Å². The summed E-state index contributed by atoms with van der Waals surface area (Å²) < 4.78 is 5.47. The topological polar surface area (TPSA) is 31.5 Å². The fraction of sp³-hybridized carbons (Fsp3) is 0.500. The van der Waals surface area contributed by atoms with Crippen LogP contribution in [0.1, 0.15) is 5.56 Å². The number of hydrogen-bond acceptors (Lipinski definition) is 3. The standard InChI is InChI=1S/C16H22ClN3O/c1-19(2)4-3-12-11-18-14-9-13(17)10-15(16(12)14)20-5-7-21-8-6-20/h9-11,18H,3-8H2,1-2H3. The van der Waals surface area contributed by atoms with Crippen molar-refractivity contribution >= 4 is 28.2 Å². The van der Waals surface area contributed by atoms with Crippen LogP contribution in [0.4, 0.5) is 5.69 Å². The average Bonchev–Trinajstić information content (AvgIpc) is 2.88. The molecule has 1 N–H and O–H groups in total. The van der Waals surface area contributed by atoms with E-state index in [1.165, 1.54) is 16.6 Å². The van der Waals surface area contributed by atoms with Crippen molar-refractivity contribution in [2.45, 2.75) is 6.42 Å². The Bertz CT molecular complexity index is 617. The Labute approximate surface area is 130 Å². The molecule has 0 amide bonds. The molecular weight excluding hydrogens is 286 g/mol. The van der Waals surface area contributed by atoms with Crippen LogP contribution in [-0.4, -0.2) is 56.8 Å². The van der Waals surface area contributed by atoms with Crippen LogP contribution in [0.2, 0.25) is 5.02 Å². The van der Waals surface area contributed by atoms with Crippen LogP contribution in [0.3, 0.4) is 0 Å². The summed E-state index contributed by atoms with van der Waals surface area (Å²) in [5.74, 6) is 0. The maximum Gasteiger partial charge on any atom is 0.0642 e. The first kappa shape index (κ1) is 14.7. The molecule has 0 unspecified atom stereocenters. The van der Waals surface area contributed by atoms with E-state index in [0.717, 1.165) is 49.8 Å². The Morgan fingerprint density at radius 3 is 2.76 bits per heavy atom. The molecule has 2 heterocycles. The molecule has 0 spiro atoms. The normalized spacial score (nSPS) is 16.1. The largest absolute Gasteiger partial charge is 0.378 e. The van der Waals surface area contributed by atoms with E-state index < -0.39 is 0 Å². The molecule has 0 radical (unpaired) electrons. The minimum atomic E-state index is 0.782. The number of nitrogens with zero attached hydrogens (tertiary/aromatic N) is 2. The third-order valence-electron chi connectivity index (χ3n) is 3.99. The first-order chi connectivity index (χ1) is 10.1. The van der Waals surface area contributed by atoms with Crippen LogP contribution in [0, 0.1) is 0 Å². The molecule has 0 aliphatic carbocycles. The van der Waals surface area contributed by atoms with Crippen molar-refractivity contribution in [2.24, 2.45) is 0 Å². The molecule has 4 nitrogen and oxygen atoms in total. The number of anilines is 1. The number of ether oxygens (including phenoxy) is 1. The Morgan fingerprint density at radius 2 is 2.05 bits per heavy atom. The van der Waals surface area contributed by atoms with Crippen molar-refractivity contribution in [2.75, 3.05) is 51.8 Å². The molecule has 1 saturated heterocycles. The van der Waals surface area contributed by atoms with Crippen molar-refractivity contribution in [3.63, 3.8) is 0 Å². The molecule has 3 rings (SSSR count). The lowest BCUT2D eigenvalue weighted by molar-refractivity contribution is 0.123. The number of rotatable bonds is 4. The molecule has 0 atom stereocenters. The predicted molar refractivity (Wildman–Crippen MR) is 88.6 cm³/mol. The zero-order valence-electron chi connectivity index (χ0n) is 12.7. The summed E-state index contributed by atoms with van der Waals surface area (Å²) in [6.07, 6.45) is 3.15. The van der Waals surface area contributed by atoms with Crippen molar-refractivity contribution in [1.29, 1.82) is 0 Å². The number of hydrogen-bond donors (Lipinski definition) is 1. The average molecular weight is 308 g/mol. The van der Waals surface area contributed by atoms with Gasteiger partial charge in [0.1, 0.15) is 0 Å². The lowest BCUT2D eigenvalue weighted by atomic mass is 10.1. The highest BCUT2D eigenvalue weighted by atomic mass is 35.5. The Balaban J connectivity index is 2.01. The lowest BCUT2D eigenvalue weighted by Gasteiger charge is -2.30. The summed E-state index contributed by atoms with van der Waals surface area (Å²) in [6, 6.07) is 4.10. The second-order valence-electron chi connectivity index (χ2n) is 5.81. The number of aromatic amines is 1. The van der Waals surface area contributed by atoms with Crippen LogP contribution in [-0.2, 0) is 11.2 Å². The highest BCUT2D eigenvalue weighted by molar-refractivity contribution is 6.32. The number of halogens is 1. The number of nitrogens with one attached hydrogen (secondary N) is 1. The first-order valence-electron chi connectivity index (χ1n) is 7.42. The minimum Gasteiger partial charge on any atom is -0.378 e. The summed E-state index contributed by atoms with van der Waals surface area (Å²) in [5, 5.41) is 2.09. The van der Waals surface area contributed by atoms with Crippen molar-refractivity contribution in [3.05, 3.63) is 28.9 Å². The number of aromatic nitrogens is 1. The molecule has 0 saturated carbocycles. The lowest BCUT2D eigenvalue weighted by Crippen LogP contribution is -2.36. The van der Waals surface area contributed by atoms with E-state index in [1.54, 1.807) is 0 Å². The highest BCUT2D eigenvalue weighted by Gasteiger charge is 2.18. The van der Waals surface area contributed by atoms with Gasteiger partial charge in [-0.2, -0.15) is 0 Å². The number of likely N-dealkylation sites (N-methyl/N-ethyl adjacent to an activating group) is 1. The maximum absolute atomic E-state index is 6.29. The first-order valence-corrected chi connectivity index (χ1v) is 7.80. The van der Waals surface area contributed by atoms with E-state index in [0.29, 0.717) is 0 Å². The summed E-state index contributed by atoms with van der Waals surface area (Å²) in [5.41, 5.74) is 3.71. The third-order valence-corrected chi connectivity index (χ3v) is 4.20. The quantitative estimate of drug-likeness (QED) is 0.942. The fourth-order valence-corrected chi connectivity index (χ4v) is 3.09. The van der Waals surface area contributed by atoms with Gasteiger partial charge in [0, 0.05) is 47.4 Å². The fourth-order valence-electron chi connectivity index (χ4n) is 2.88. The Morgan fingerprint density at radius 1 is 1.29 bits per heavy atom. The summed E-state index contributed by atoms with van der Waals surface area (Å²) in [7, 11) is 4.21. The number of fused-ring (bicyclic) bond motifs is 1. The van der Waals surface area contributed by atoms with Gasteiger partial charge in [-0.1, -0.05) is 11.6 Å². The van der Waals surface area contributed by atoms with Crippen LogP contribution in [0.15, 0.2) is 18.3 Å². The molecule has 1 aromatic carbocycles. The molecule has 1 aliphatic heterocycles.